The number of rotatable bonds is 9. The van der Waals surface area contributed by atoms with Gasteiger partial charge in [-0.3, -0.25) is 0 Å². The molecule has 0 unspecified atom stereocenters. The van der Waals surface area contributed by atoms with Gasteiger partial charge in [-0.25, -0.2) is 0 Å². The van der Waals surface area contributed by atoms with E-state index in [-0.39, 0.29) is 0 Å². The van der Waals surface area contributed by atoms with E-state index in [1.165, 1.54) is 18.4 Å². The maximum atomic E-state index is 3.51. The first-order valence-electron chi connectivity index (χ1n) is 6.59. The fourth-order valence-electron chi connectivity index (χ4n) is 1.80. The Kier molecular flexibility index (Phi) is 7.49. The normalized spacial score (nSPS) is 11.6. The molecule has 0 aliphatic carbocycles. The highest BCUT2D eigenvalue weighted by molar-refractivity contribution is 7.07. The molecule has 0 saturated carbocycles. The molecule has 0 spiro atoms. The molecular weight excluding hydrogens is 228 g/mol. The van der Waals surface area contributed by atoms with Crippen LogP contribution in [0.5, 0.6) is 0 Å². The van der Waals surface area contributed by atoms with Gasteiger partial charge in [0.25, 0.3) is 0 Å². The summed E-state index contributed by atoms with van der Waals surface area (Å²) in [5, 5.41) is 7.89. The van der Waals surface area contributed by atoms with Crippen LogP contribution in [-0.2, 0) is 6.54 Å². The van der Waals surface area contributed by atoms with Crippen molar-refractivity contribution in [3.63, 3.8) is 0 Å². The fourth-order valence-corrected chi connectivity index (χ4v) is 2.46. The molecule has 0 amide bonds. The summed E-state index contributed by atoms with van der Waals surface area (Å²) in [6, 6.07) is 2.21. The molecule has 0 saturated heterocycles. The molecule has 3 heteroatoms. The van der Waals surface area contributed by atoms with Gasteiger partial charge in [0.05, 0.1) is 0 Å². The predicted octanol–water partition coefficient (Wildman–Crippen LogP) is 3.21. The second kappa shape index (κ2) is 8.67. The molecule has 0 radical (unpaired) electrons. The van der Waals surface area contributed by atoms with Crippen molar-refractivity contribution in [3.8, 4) is 0 Å². The summed E-state index contributed by atoms with van der Waals surface area (Å²) in [6.07, 6.45) is 2.63. The summed E-state index contributed by atoms with van der Waals surface area (Å²) >= 11 is 1.78. The SMILES string of the molecule is CC(C)CCCNCCN(C)Cc1ccsc1. The van der Waals surface area contributed by atoms with E-state index in [2.05, 4.69) is 47.9 Å². The highest BCUT2D eigenvalue weighted by Crippen LogP contribution is 2.07. The quantitative estimate of drug-likeness (QED) is 0.681. The molecule has 1 heterocycles. The van der Waals surface area contributed by atoms with Crippen LogP contribution >= 0.6 is 11.3 Å². The van der Waals surface area contributed by atoms with Crippen molar-refractivity contribution in [1.29, 1.82) is 0 Å². The molecule has 0 bridgehead atoms. The van der Waals surface area contributed by atoms with E-state index >= 15 is 0 Å². The van der Waals surface area contributed by atoms with Crippen LogP contribution in [0.3, 0.4) is 0 Å². The zero-order valence-corrected chi connectivity index (χ0v) is 12.2. The fraction of sp³-hybridized carbons (Fsp3) is 0.714. The van der Waals surface area contributed by atoms with Crippen molar-refractivity contribution < 1.29 is 0 Å². The summed E-state index contributed by atoms with van der Waals surface area (Å²) < 4.78 is 0. The van der Waals surface area contributed by atoms with Crippen LogP contribution < -0.4 is 5.32 Å². The van der Waals surface area contributed by atoms with Crippen molar-refractivity contribution in [2.24, 2.45) is 5.92 Å². The zero-order chi connectivity index (χ0) is 12.5. The third-order valence-corrected chi connectivity index (χ3v) is 3.57. The van der Waals surface area contributed by atoms with E-state index in [1.54, 1.807) is 11.3 Å². The molecule has 1 aromatic rings. The predicted molar refractivity (Wildman–Crippen MR) is 77.6 cm³/mol. The van der Waals surface area contributed by atoms with Gasteiger partial charge in [-0.1, -0.05) is 13.8 Å². The van der Waals surface area contributed by atoms with E-state index in [1.807, 2.05) is 0 Å². The van der Waals surface area contributed by atoms with E-state index < -0.39 is 0 Å². The van der Waals surface area contributed by atoms with Crippen molar-refractivity contribution >= 4 is 11.3 Å². The van der Waals surface area contributed by atoms with Crippen molar-refractivity contribution in [1.82, 2.24) is 10.2 Å². The van der Waals surface area contributed by atoms with Crippen LogP contribution in [0.25, 0.3) is 0 Å². The lowest BCUT2D eigenvalue weighted by Gasteiger charge is -2.16. The van der Waals surface area contributed by atoms with Gasteiger partial charge < -0.3 is 10.2 Å². The maximum absolute atomic E-state index is 3.51. The monoisotopic (exact) mass is 254 g/mol. The lowest BCUT2D eigenvalue weighted by atomic mass is 10.1. The third kappa shape index (κ3) is 7.53. The Hall–Kier alpha value is -0.380. The standard InChI is InChI=1S/C14H26N2S/c1-13(2)5-4-7-15-8-9-16(3)11-14-6-10-17-12-14/h6,10,12-13,15H,4-5,7-9,11H2,1-3H3. The van der Waals surface area contributed by atoms with Crippen LogP contribution in [0.4, 0.5) is 0 Å². The topological polar surface area (TPSA) is 15.3 Å². The minimum Gasteiger partial charge on any atom is -0.315 e. The summed E-state index contributed by atoms with van der Waals surface area (Å²) in [7, 11) is 2.19. The van der Waals surface area contributed by atoms with Crippen molar-refractivity contribution in [2.45, 2.75) is 33.2 Å². The van der Waals surface area contributed by atoms with Gasteiger partial charge in [0.15, 0.2) is 0 Å². The second-order valence-corrected chi connectivity index (χ2v) is 5.94. The van der Waals surface area contributed by atoms with Crippen molar-refractivity contribution in [3.05, 3.63) is 22.4 Å². The minimum atomic E-state index is 0.832. The molecule has 98 valence electrons. The van der Waals surface area contributed by atoms with Gasteiger partial charge in [0, 0.05) is 19.6 Å². The minimum absolute atomic E-state index is 0.832. The van der Waals surface area contributed by atoms with E-state index in [9.17, 15) is 0 Å². The van der Waals surface area contributed by atoms with E-state index in [0.717, 1.165) is 32.1 Å². The van der Waals surface area contributed by atoms with Gasteiger partial charge in [-0.15, -0.1) is 0 Å². The maximum Gasteiger partial charge on any atom is 0.0239 e. The molecule has 2 nitrogen and oxygen atoms in total. The van der Waals surface area contributed by atoms with Crippen LogP contribution in [0.1, 0.15) is 32.3 Å². The first-order chi connectivity index (χ1) is 8.18. The Balaban J connectivity index is 1.95. The number of hydrogen-bond acceptors (Lipinski definition) is 3. The summed E-state index contributed by atoms with van der Waals surface area (Å²) in [4.78, 5) is 2.37. The van der Waals surface area contributed by atoms with Gasteiger partial charge >= 0.3 is 0 Å². The average Bonchev–Trinajstić information content (AvgIpc) is 2.75. The molecule has 0 atom stereocenters. The lowest BCUT2D eigenvalue weighted by molar-refractivity contribution is 0.324. The first-order valence-corrected chi connectivity index (χ1v) is 7.53. The first kappa shape index (κ1) is 14.7. The summed E-state index contributed by atoms with van der Waals surface area (Å²) in [5.74, 6) is 0.832. The van der Waals surface area contributed by atoms with E-state index in [0.29, 0.717) is 0 Å². The molecular formula is C14H26N2S. The lowest BCUT2D eigenvalue weighted by Crippen LogP contribution is -2.29. The smallest absolute Gasteiger partial charge is 0.0239 e. The van der Waals surface area contributed by atoms with Gasteiger partial charge in [0.2, 0.25) is 0 Å². The van der Waals surface area contributed by atoms with Gasteiger partial charge in [-0.05, 0) is 54.7 Å². The van der Waals surface area contributed by atoms with E-state index in [4.69, 9.17) is 0 Å². The Morgan fingerprint density at radius 1 is 1.35 bits per heavy atom. The van der Waals surface area contributed by atoms with Gasteiger partial charge in [-0.2, -0.15) is 11.3 Å². The Labute approximate surface area is 110 Å². The molecule has 0 aliphatic rings. The number of thiophene rings is 1. The highest BCUT2D eigenvalue weighted by atomic mass is 32.1. The van der Waals surface area contributed by atoms with Crippen LogP contribution in [-0.4, -0.2) is 31.6 Å². The number of nitrogens with zero attached hydrogens (tertiary/aromatic N) is 1. The second-order valence-electron chi connectivity index (χ2n) is 5.16. The van der Waals surface area contributed by atoms with Gasteiger partial charge in [0.1, 0.15) is 0 Å². The summed E-state index contributed by atoms with van der Waals surface area (Å²) in [5.41, 5.74) is 1.43. The largest absolute Gasteiger partial charge is 0.315 e. The number of nitrogens with one attached hydrogen (secondary N) is 1. The third-order valence-electron chi connectivity index (χ3n) is 2.84. The van der Waals surface area contributed by atoms with Crippen molar-refractivity contribution in [2.75, 3.05) is 26.7 Å². The Bertz CT molecular complexity index is 270. The van der Waals surface area contributed by atoms with Crippen LogP contribution in [0, 0.1) is 5.92 Å². The molecule has 17 heavy (non-hydrogen) atoms. The molecule has 1 N–H and O–H groups in total. The molecule has 1 rings (SSSR count). The van der Waals surface area contributed by atoms with Crippen LogP contribution in [0.15, 0.2) is 16.8 Å². The molecule has 0 fully saturated rings. The Morgan fingerprint density at radius 3 is 2.82 bits per heavy atom. The molecule has 0 aliphatic heterocycles. The zero-order valence-electron chi connectivity index (χ0n) is 11.4. The Morgan fingerprint density at radius 2 is 2.18 bits per heavy atom. The molecule has 1 aromatic heterocycles. The molecule has 0 aromatic carbocycles. The highest BCUT2D eigenvalue weighted by Gasteiger charge is 2.00. The number of hydrogen-bond donors (Lipinski definition) is 1. The average molecular weight is 254 g/mol. The summed E-state index contributed by atoms with van der Waals surface area (Å²) in [6.45, 7) is 9.02. The van der Waals surface area contributed by atoms with Crippen LogP contribution in [0.2, 0.25) is 0 Å². The number of likely N-dealkylation sites (N-methyl/N-ethyl adjacent to an activating group) is 1.